The highest BCUT2D eigenvalue weighted by molar-refractivity contribution is 5.82. The van der Waals surface area contributed by atoms with Crippen molar-refractivity contribution < 1.29 is 14.7 Å². The number of carbonyl (C=O) groups excluding carboxylic acids is 1. The predicted octanol–water partition coefficient (Wildman–Crippen LogP) is 2.22. The van der Waals surface area contributed by atoms with Crippen LogP contribution in [-0.2, 0) is 4.79 Å². The van der Waals surface area contributed by atoms with E-state index in [1.807, 2.05) is 13.8 Å². The number of amides is 2. The van der Waals surface area contributed by atoms with Crippen LogP contribution in [0.1, 0.15) is 47.5 Å². The van der Waals surface area contributed by atoms with Crippen LogP contribution < -0.4 is 10.6 Å². The van der Waals surface area contributed by atoms with Crippen molar-refractivity contribution in [2.24, 2.45) is 11.3 Å². The maximum Gasteiger partial charge on any atom is 0.326 e. The number of nitrogens with one attached hydrogen (secondary N) is 2. The van der Waals surface area contributed by atoms with Gasteiger partial charge < -0.3 is 15.7 Å². The molecule has 1 atom stereocenters. The fourth-order valence-electron chi connectivity index (χ4n) is 1.45. The molecule has 0 saturated heterocycles. The van der Waals surface area contributed by atoms with Crippen LogP contribution in [0.25, 0.3) is 0 Å². The molecule has 0 bridgehead atoms. The highest BCUT2D eigenvalue weighted by Gasteiger charge is 2.21. The van der Waals surface area contributed by atoms with Gasteiger partial charge in [0.05, 0.1) is 0 Å². The Balaban J connectivity index is 4.07. The van der Waals surface area contributed by atoms with Crippen LogP contribution in [0.5, 0.6) is 0 Å². The quantitative estimate of drug-likeness (QED) is 0.683. The summed E-state index contributed by atoms with van der Waals surface area (Å²) in [7, 11) is 0. The number of hydrogen-bond donors (Lipinski definition) is 3. The van der Waals surface area contributed by atoms with E-state index in [9.17, 15) is 9.59 Å². The minimum atomic E-state index is -0.991. The van der Waals surface area contributed by atoms with Crippen LogP contribution in [0.2, 0.25) is 0 Å². The molecular formula is C13H26N2O3. The van der Waals surface area contributed by atoms with Crippen LogP contribution in [-0.4, -0.2) is 29.7 Å². The Morgan fingerprint density at radius 1 is 1.22 bits per heavy atom. The molecule has 0 unspecified atom stereocenters. The van der Waals surface area contributed by atoms with Crippen molar-refractivity contribution in [2.45, 2.75) is 53.5 Å². The average molecular weight is 258 g/mol. The van der Waals surface area contributed by atoms with E-state index in [-0.39, 0.29) is 11.3 Å². The van der Waals surface area contributed by atoms with Gasteiger partial charge in [0.1, 0.15) is 6.04 Å². The Labute approximate surface area is 109 Å². The molecule has 2 amide bonds. The summed E-state index contributed by atoms with van der Waals surface area (Å²) >= 11 is 0. The molecule has 3 N–H and O–H groups in total. The third kappa shape index (κ3) is 8.84. The van der Waals surface area contributed by atoms with Gasteiger partial charge in [0, 0.05) is 6.54 Å². The Hall–Kier alpha value is -1.26. The maximum atomic E-state index is 11.5. The van der Waals surface area contributed by atoms with Crippen molar-refractivity contribution in [1.29, 1.82) is 0 Å². The number of urea groups is 1. The molecule has 0 aliphatic rings. The molecule has 0 aliphatic carbocycles. The van der Waals surface area contributed by atoms with Crippen molar-refractivity contribution in [3.63, 3.8) is 0 Å². The summed E-state index contributed by atoms with van der Waals surface area (Å²) in [6.07, 6.45) is 1.28. The van der Waals surface area contributed by atoms with E-state index in [2.05, 4.69) is 31.4 Å². The lowest BCUT2D eigenvalue weighted by Gasteiger charge is -2.20. The van der Waals surface area contributed by atoms with Gasteiger partial charge in [-0.25, -0.2) is 9.59 Å². The van der Waals surface area contributed by atoms with E-state index in [1.54, 1.807) is 0 Å². The molecule has 0 rings (SSSR count). The SMILES string of the molecule is CC(C)C[C@H](NC(=O)NCCC(C)(C)C)C(=O)O. The molecule has 5 heteroatoms. The van der Waals surface area contributed by atoms with Gasteiger partial charge in [0.2, 0.25) is 0 Å². The molecule has 0 heterocycles. The summed E-state index contributed by atoms with van der Waals surface area (Å²) in [4.78, 5) is 22.5. The van der Waals surface area contributed by atoms with E-state index in [1.165, 1.54) is 0 Å². The minimum absolute atomic E-state index is 0.150. The van der Waals surface area contributed by atoms with Crippen molar-refractivity contribution in [3.05, 3.63) is 0 Å². The molecule has 0 aliphatic heterocycles. The molecule has 0 fully saturated rings. The number of rotatable bonds is 6. The average Bonchev–Trinajstić information content (AvgIpc) is 2.13. The zero-order valence-corrected chi connectivity index (χ0v) is 12.0. The molecular weight excluding hydrogens is 232 g/mol. The fraction of sp³-hybridized carbons (Fsp3) is 0.846. The first-order valence-corrected chi connectivity index (χ1v) is 6.39. The molecule has 0 aromatic heterocycles. The van der Waals surface area contributed by atoms with E-state index in [4.69, 9.17) is 5.11 Å². The summed E-state index contributed by atoms with van der Waals surface area (Å²) in [6, 6.07) is -1.23. The highest BCUT2D eigenvalue weighted by atomic mass is 16.4. The van der Waals surface area contributed by atoms with Crippen LogP contribution >= 0.6 is 0 Å². The van der Waals surface area contributed by atoms with E-state index < -0.39 is 18.0 Å². The molecule has 0 aromatic carbocycles. The summed E-state index contributed by atoms with van der Waals surface area (Å²) < 4.78 is 0. The second-order valence-corrected chi connectivity index (χ2v) is 6.23. The van der Waals surface area contributed by atoms with Gasteiger partial charge in [0.25, 0.3) is 0 Å². The normalized spacial score (nSPS) is 13.2. The van der Waals surface area contributed by atoms with Gasteiger partial charge >= 0.3 is 12.0 Å². The van der Waals surface area contributed by atoms with Crippen molar-refractivity contribution in [3.8, 4) is 0 Å². The summed E-state index contributed by atoms with van der Waals surface area (Å²) in [5, 5.41) is 14.2. The third-order valence-corrected chi connectivity index (χ3v) is 2.47. The van der Waals surface area contributed by atoms with Gasteiger partial charge in [-0.1, -0.05) is 34.6 Å². The summed E-state index contributed by atoms with van der Waals surface area (Å²) in [6.45, 7) is 10.7. The topological polar surface area (TPSA) is 78.4 Å². The van der Waals surface area contributed by atoms with E-state index >= 15 is 0 Å². The smallest absolute Gasteiger partial charge is 0.326 e. The minimum Gasteiger partial charge on any atom is -0.480 e. The molecule has 0 spiro atoms. The zero-order chi connectivity index (χ0) is 14.3. The predicted molar refractivity (Wildman–Crippen MR) is 71.5 cm³/mol. The molecule has 0 radical (unpaired) electrons. The monoisotopic (exact) mass is 258 g/mol. The van der Waals surface area contributed by atoms with Gasteiger partial charge in [-0.3, -0.25) is 0 Å². The number of carbonyl (C=O) groups is 2. The van der Waals surface area contributed by atoms with E-state index in [0.717, 1.165) is 6.42 Å². The summed E-state index contributed by atoms with van der Waals surface area (Å²) in [5.74, 6) is -0.768. The van der Waals surface area contributed by atoms with Crippen LogP contribution in [0.4, 0.5) is 4.79 Å². The van der Waals surface area contributed by atoms with Crippen molar-refractivity contribution in [1.82, 2.24) is 10.6 Å². The largest absolute Gasteiger partial charge is 0.480 e. The molecule has 18 heavy (non-hydrogen) atoms. The first-order valence-electron chi connectivity index (χ1n) is 6.39. The molecule has 5 nitrogen and oxygen atoms in total. The van der Waals surface area contributed by atoms with Gasteiger partial charge in [-0.15, -0.1) is 0 Å². The Bertz CT molecular complexity index is 282. The standard InChI is InChI=1S/C13H26N2O3/c1-9(2)8-10(11(16)17)15-12(18)14-7-6-13(3,4)5/h9-10H,6-8H2,1-5H3,(H,16,17)(H2,14,15,18)/t10-/m0/s1. The van der Waals surface area contributed by atoms with Crippen LogP contribution in [0.3, 0.4) is 0 Å². The lowest BCUT2D eigenvalue weighted by Crippen LogP contribution is -2.47. The second kappa shape index (κ2) is 7.24. The van der Waals surface area contributed by atoms with E-state index in [0.29, 0.717) is 13.0 Å². The van der Waals surface area contributed by atoms with Gasteiger partial charge in [0.15, 0.2) is 0 Å². The Morgan fingerprint density at radius 2 is 1.78 bits per heavy atom. The van der Waals surface area contributed by atoms with Gasteiger partial charge in [-0.05, 0) is 24.2 Å². The number of carboxylic acids is 1. The lowest BCUT2D eigenvalue weighted by atomic mass is 9.92. The first kappa shape index (κ1) is 16.7. The summed E-state index contributed by atoms with van der Waals surface area (Å²) in [5.41, 5.74) is 0.150. The van der Waals surface area contributed by atoms with Crippen molar-refractivity contribution in [2.75, 3.05) is 6.54 Å². The fourth-order valence-corrected chi connectivity index (χ4v) is 1.45. The van der Waals surface area contributed by atoms with Gasteiger partial charge in [-0.2, -0.15) is 0 Å². The van der Waals surface area contributed by atoms with Crippen LogP contribution in [0.15, 0.2) is 0 Å². The third-order valence-electron chi connectivity index (χ3n) is 2.47. The zero-order valence-electron chi connectivity index (χ0n) is 12.0. The Kier molecular flexibility index (Phi) is 6.73. The van der Waals surface area contributed by atoms with Crippen molar-refractivity contribution >= 4 is 12.0 Å². The maximum absolute atomic E-state index is 11.5. The number of aliphatic carboxylic acids is 1. The lowest BCUT2D eigenvalue weighted by molar-refractivity contribution is -0.139. The highest BCUT2D eigenvalue weighted by Crippen LogP contribution is 2.16. The number of hydrogen-bond acceptors (Lipinski definition) is 2. The molecule has 0 saturated carbocycles. The molecule has 106 valence electrons. The Morgan fingerprint density at radius 3 is 2.17 bits per heavy atom. The molecule has 0 aromatic rings. The van der Waals surface area contributed by atoms with Crippen LogP contribution in [0, 0.1) is 11.3 Å². The first-order chi connectivity index (χ1) is 8.11. The second-order valence-electron chi connectivity index (χ2n) is 6.23. The number of carboxylic acid groups (broad SMARTS) is 1.